The van der Waals surface area contributed by atoms with Crippen LogP contribution in [0.4, 0.5) is 8.78 Å². The molecule has 1 saturated heterocycles. The summed E-state index contributed by atoms with van der Waals surface area (Å²) in [5.41, 5.74) is -0.170. The van der Waals surface area contributed by atoms with E-state index < -0.39 is 76.8 Å². The lowest BCUT2D eigenvalue weighted by Gasteiger charge is -2.63. The Balaban J connectivity index is 0.651. The van der Waals surface area contributed by atoms with Crippen molar-refractivity contribution >= 4 is 17.3 Å². The van der Waals surface area contributed by atoms with E-state index in [9.17, 15) is 24.6 Å². The van der Waals surface area contributed by atoms with Crippen molar-refractivity contribution in [2.75, 3.05) is 172 Å². The normalized spacial score (nSPS) is 27.6. The van der Waals surface area contributed by atoms with Gasteiger partial charge in [-0.05, 0) is 79.7 Å². The van der Waals surface area contributed by atoms with Crippen molar-refractivity contribution in [2.45, 2.75) is 81.9 Å². The monoisotopic (exact) mass is 1210 g/mol. The van der Waals surface area contributed by atoms with Crippen molar-refractivity contribution < 1.29 is 104 Å². The minimum Gasteiger partial charge on any atom is -0.457 e. The number of aliphatic hydroxyl groups is 2. The lowest BCUT2D eigenvalue weighted by Crippen LogP contribution is -2.70. The third-order valence-corrected chi connectivity index (χ3v) is 16.5. The van der Waals surface area contributed by atoms with Crippen LogP contribution in [0.15, 0.2) is 72.3 Å². The van der Waals surface area contributed by atoms with Crippen LogP contribution in [-0.2, 0) is 87.1 Å². The molecule has 0 radical (unpaired) electrons. The molecule has 2 aromatic rings. The van der Waals surface area contributed by atoms with E-state index in [-0.39, 0.29) is 50.1 Å². The number of rotatable bonds is 45. The Bertz CT molecular complexity index is 2390. The Hall–Kier alpha value is -4.09. The Morgan fingerprint density at radius 3 is 1.51 bits per heavy atom. The van der Waals surface area contributed by atoms with Crippen molar-refractivity contribution in [3.63, 3.8) is 0 Å². The first kappa shape index (κ1) is 68.4. The Morgan fingerprint density at radius 1 is 0.624 bits per heavy atom. The number of benzene rings is 2. The van der Waals surface area contributed by atoms with E-state index in [0.29, 0.717) is 176 Å². The fourth-order valence-electron chi connectivity index (χ4n) is 12.3. The van der Waals surface area contributed by atoms with E-state index in [1.807, 2.05) is 12.1 Å². The zero-order valence-electron chi connectivity index (χ0n) is 49.3. The molecule has 1 aliphatic heterocycles. The first-order chi connectivity index (χ1) is 41.3. The second-order valence-electron chi connectivity index (χ2n) is 21.9. The molecule has 85 heavy (non-hydrogen) atoms. The van der Waals surface area contributed by atoms with Gasteiger partial charge in [-0.25, -0.2) is 8.78 Å². The molecule has 0 aromatic heterocycles. The van der Waals surface area contributed by atoms with E-state index in [4.69, 9.17) is 76.8 Å². The highest BCUT2D eigenvalue weighted by Crippen LogP contribution is 2.72. The summed E-state index contributed by atoms with van der Waals surface area (Å²) in [7, 11) is 0. The average molecular weight is 1210 g/mol. The zero-order chi connectivity index (χ0) is 60.4. The fourth-order valence-corrected chi connectivity index (χ4v) is 12.3. The molecule has 2 aromatic carbocycles. The number of nitrogens with two attached hydrogens (primary N) is 1. The van der Waals surface area contributed by atoms with Gasteiger partial charge in [-0.2, -0.15) is 0 Å². The lowest BCUT2D eigenvalue weighted by molar-refractivity contribution is -0.235. The van der Waals surface area contributed by atoms with E-state index >= 15 is 8.78 Å². The van der Waals surface area contributed by atoms with E-state index in [2.05, 4.69) is 0 Å². The minimum atomic E-state index is -2.34. The first-order valence-corrected chi connectivity index (χ1v) is 29.8. The van der Waals surface area contributed by atoms with Crippen LogP contribution in [0.1, 0.15) is 56.9 Å². The molecule has 3 saturated carbocycles. The predicted octanol–water partition coefficient (Wildman–Crippen LogP) is 4.78. The number of halogens is 2. The van der Waals surface area contributed by atoms with Crippen LogP contribution in [0.25, 0.3) is 0 Å². The Labute approximate surface area is 497 Å². The molecular weight excluding hydrogens is 1120 g/mol. The number of aliphatic hydroxyl groups excluding tert-OH is 2. The van der Waals surface area contributed by atoms with Gasteiger partial charge in [0.05, 0.1) is 171 Å². The average Bonchev–Trinajstić information content (AvgIpc) is 1.63. The molecular formula is C62H89F2NO20. The minimum absolute atomic E-state index is 0.00982. The van der Waals surface area contributed by atoms with Gasteiger partial charge in [0.15, 0.2) is 29.1 Å². The van der Waals surface area contributed by atoms with E-state index in [1.54, 1.807) is 43.3 Å². The summed E-state index contributed by atoms with van der Waals surface area (Å²) in [5.74, 6) is -1.72. The second kappa shape index (κ2) is 35.2. The van der Waals surface area contributed by atoms with Gasteiger partial charge in [0, 0.05) is 41.7 Å². The number of alkyl halides is 2. The van der Waals surface area contributed by atoms with Gasteiger partial charge in [0.1, 0.15) is 30.1 Å². The highest BCUT2D eigenvalue weighted by atomic mass is 19.1. The maximum absolute atomic E-state index is 17.8. The molecule has 23 heteroatoms. The largest absolute Gasteiger partial charge is 0.457 e. The number of Topliss-reactive ketones (excluding diaryl/α,β-unsaturated/α-hetero) is 2. The molecule has 1 unspecified atom stereocenters. The molecule has 7 rings (SSSR count). The summed E-state index contributed by atoms with van der Waals surface area (Å²) in [6.45, 7) is 13.9. The van der Waals surface area contributed by atoms with Gasteiger partial charge in [0.25, 0.3) is 0 Å². The third kappa shape index (κ3) is 18.3. The van der Waals surface area contributed by atoms with Gasteiger partial charge in [-0.3, -0.25) is 14.4 Å². The van der Waals surface area contributed by atoms with Crippen LogP contribution in [0.5, 0.6) is 11.5 Å². The van der Waals surface area contributed by atoms with Crippen LogP contribution in [0.3, 0.4) is 0 Å². The molecule has 5 aliphatic rings. The highest BCUT2D eigenvalue weighted by Gasteiger charge is 2.80. The van der Waals surface area contributed by atoms with Crippen LogP contribution in [0, 0.1) is 22.7 Å². The maximum atomic E-state index is 17.8. The maximum Gasteiger partial charge on any atom is 0.193 e. The molecule has 476 valence electrons. The number of allylic oxidation sites excluding steroid dienone is 4. The fraction of sp³-hybridized carbons (Fsp3) is 0.694. The summed E-state index contributed by atoms with van der Waals surface area (Å²) in [6, 6.07) is 14.1. The molecule has 4 N–H and O–H groups in total. The Morgan fingerprint density at radius 2 is 1.06 bits per heavy atom. The van der Waals surface area contributed by atoms with Crippen molar-refractivity contribution in [2.24, 2.45) is 28.4 Å². The summed E-state index contributed by atoms with van der Waals surface area (Å²) < 4.78 is 119. The Kier molecular flexibility index (Phi) is 28.3. The van der Waals surface area contributed by atoms with Gasteiger partial charge in [-0.15, -0.1) is 0 Å². The van der Waals surface area contributed by atoms with Crippen molar-refractivity contribution in [3.8, 4) is 11.5 Å². The van der Waals surface area contributed by atoms with Crippen LogP contribution in [0.2, 0.25) is 0 Å². The summed E-state index contributed by atoms with van der Waals surface area (Å²) >= 11 is 0. The van der Waals surface area contributed by atoms with Crippen LogP contribution < -0.4 is 10.5 Å². The van der Waals surface area contributed by atoms with Crippen molar-refractivity contribution in [3.05, 3.63) is 83.5 Å². The van der Waals surface area contributed by atoms with Gasteiger partial charge >= 0.3 is 0 Å². The first-order valence-electron chi connectivity index (χ1n) is 29.8. The quantitative estimate of drug-likeness (QED) is 0.0754. The third-order valence-electron chi connectivity index (χ3n) is 16.5. The molecule has 0 amide bonds. The zero-order valence-corrected chi connectivity index (χ0v) is 49.3. The van der Waals surface area contributed by atoms with Crippen molar-refractivity contribution in [1.82, 2.24) is 0 Å². The van der Waals surface area contributed by atoms with Crippen LogP contribution >= 0.6 is 0 Å². The van der Waals surface area contributed by atoms with Gasteiger partial charge in [0.2, 0.25) is 0 Å². The molecule has 4 aliphatic carbocycles. The smallest absolute Gasteiger partial charge is 0.193 e. The van der Waals surface area contributed by atoms with Crippen LogP contribution in [-0.4, -0.2) is 229 Å². The summed E-state index contributed by atoms with van der Waals surface area (Å²) in [5, 5.41) is 22.1. The van der Waals surface area contributed by atoms with E-state index in [0.717, 1.165) is 11.6 Å². The molecule has 0 bridgehead atoms. The lowest BCUT2D eigenvalue weighted by atomic mass is 9.44. The number of carbonyl (C=O) groups excluding carboxylic acids is 3. The van der Waals surface area contributed by atoms with E-state index in [1.165, 1.54) is 19.1 Å². The topological polar surface area (TPSA) is 256 Å². The SMILES string of the molecule is C[C@]12C=CC(=O)C=C1[C@@H](F)C[C@H]1[C@@H]3C[C@H]4OC(c5ccc(Oc6ccc(CC(=O)CCOCCOCCOCCOCCOCCOCCOCCOCCOCCOCCOCCOCCN)cc6)cc5)O[C@@]4(C(=O)CO)[C@@]3(C)C[C@H](O)[C@@]12F. The number of hydrogen-bond donors (Lipinski definition) is 3. The molecule has 10 atom stereocenters. The number of hydrogen-bond acceptors (Lipinski definition) is 21. The van der Waals surface area contributed by atoms with Crippen molar-refractivity contribution in [1.29, 1.82) is 0 Å². The standard InChI is InChI=1S/C62H89F2NO20/c1-59-13-11-47(67)40-53(59)54(63)41-52-51-42-57-62(56(70)44-66,60(51,2)43-55(69)61(52,59)64)85-58(84-57)46-5-9-50(10-6-46)83-49-7-3-45(4-8-49)39-48(68)12-15-71-17-19-73-21-23-75-25-27-77-29-31-79-33-35-81-37-38-82-36-34-80-32-30-78-28-26-76-24-22-74-20-18-72-16-14-65/h3-11,13,40,51-52,54-55,57-58,66,69H,12,14-39,41-44,65H2,1-2H3/t51-,52-,54-,55-,57+,58?,59-,60-,61-,62+/m0/s1. The molecule has 21 nitrogen and oxygen atoms in total. The number of ketones is 3. The van der Waals surface area contributed by atoms with Gasteiger partial charge in [-0.1, -0.05) is 37.3 Å². The second-order valence-corrected chi connectivity index (χ2v) is 21.9. The number of fused-ring (bicyclic) bond motifs is 7. The summed E-state index contributed by atoms with van der Waals surface area (Å²) in [4.78, 5) is 38.9. The number of carbonyl (C=O) groups is 3. The predicted molar refractivity (Wildman–Crippen MR) is 303 cm³/mol. The van der Waals surface area contributed by atoms with Gasteiger partial charge < -0.3 is 87.0 Å². The molecule has 4 fully saturated rings. The highest BCUT2D eigenvalue weighted by molar-refractivity contribution is 6.01. The number of ether oxygens (including phenoxy) is 15. The molecule has 0 spiro atoms. The molecule has 1 heterocycles. The summed E-state index contributed by atoms with van der Waals surface area (Å²) in [6.07, 6.45) is -1.40.